The van der Waals surface area contributed by atoms with Crippen LogP contribution in [-0.4, -0.2) is 36.9 Å². The van der Waals surface area contributed by atoms with Crippen molar-refractivity contribution in [1.29, 1.82) is 0 Å². The first kappa shape index (κ1) is 13.3. The monoisotopic (exact) mass is 218 g/mol. The molecule has 0 aromatic heterocycles. The Labute approximate surface area is 87.6 Å². The Morgan fingerprint density at radius 1 is 1.43 bits per heavy atom. The first-order valence-electron chi connectivity index (χ1n) is 4.61. The summed E-state index contributed by atoms with van der Waals surface area (Å²) in [5.41, 5.74) is 2.59. The number of carbonyl (C=O) groups excluding carboxylic acids is 1. The molecule has 0 unspecified atom stereocenters. The van der Waals surface area contributed by atoms with E-state index in [1.165, 1.54) is 14.2 Å². The fourth-order valence-electron chi connectivity index (χ4n) is 0.989. The lowest BCUT2D eigenvalue weighted by molar-refractivity contribution is -0.252. The van der Waals surface area contributed by atoms with Crippen LogP contribution in [0.2, 0.25) is 0 Å². The van der Waals surface area contributed by atoms with Crippen molar-refractivity contribution >= 4 is 16.2 Å². The van der Waals surface area contributed by atoms with Gasteiger partial charge < -0.3 is 14.2 Å². The molecule has 0 spiro atoms. The van der Waals surface area contributed by atoms with Crippen LogP contribution in [-0.2, 0) is 19.0 Å². The number of hydrogen-bond acceptors (Lipinski definition) is 4. The largest absolute Gasteiger partial charge is 0.407 e. The van der Waals surface area contributed by atoms with Gasteiger partial charge >= 0.3 is 12.4 Å². The standard InChI is InChI=1S/C9H18O4Si/c1-4-5-7(6-14)8(10)13-9(11-2)12-3/h6,9H,4-5H2,1-3,14H3. The predicted molar refractivity (Wildman–Crippen MR) is 56.8 cm³/mol. The number of rotatable bonds is 6. The molecule has 0 aliphatic heterocycles. The Morgan fingerprint density at radius 3 is 2.36 bits per heavy atom. The Balaban J connectivity index is 4.16. The molecule has 0 aromatic carbocycles. The lowest BCUT2D eigenvalue weighted by atomic mass is 10.2. The number of methoxy groups -OCH3 is 2. The molecule has 0 fully saturated rings. The van der Waals surface area contributed by atoms with Gasteiger partial charge in [0.2, 0.25) is 0 Å². The molecular weight excluding hydrogens is 200 g/mol. The summed E-state index contributed by atoms with van der Waals surface area (Å²) in [6.45, 7) is 1.11. The van der Waals surface area contributed by atoms with Gasteiger partial charge in [0.1, 0.15) is 0 Å². The van der Waals surface area contributed by atoms with Crippen molar-refractivity contribution in [2.75, 3.05) is 14.2 Å². The maximum Gasteiger partial charge on any atom is 0.337 e. The average Bonchev–Trinajstić information content (AvgIpc) is 2.22. The van der Waals surface area contributed by atoms with Crippen molar-refractivity contribution in [3.05, 3.63) is 11.3 Å². The lowest BCUT2D eigenvalue weighted by Crippen LogP contribution is -2.22. The molecular formula is C9H18O4Si. The van der Waals surface area contributed by atoms with Gasteiger partial charge in [-0.15, -0.1) is 0 Å². The predicted octanol–water partition coefficient (Wildman–Crippen LogP) is 0.155. The zero-order valence-corrected chi connectivity index (χ0v) is 11.2. The van der Waals surface area contributed by atoms with E-state index in [-0.39, 0.29) is 5.97 Å². The molecule has 0 aliphatic carbocycles. The summed E-state index contributed by atoms with van der Waals surface area (Å²) in [6.07, 6.45) is 1.66. The molecule has 14 heavy (non-hydrogen) atoms. The summed E-state index contributed by atoms with van der Waals surface area (Å²) in [4.78, 5) is 11.5. The summed E-state index contributed by atoms with van der Waals surface area (Å²) >= 11 is 0. The zero-order valence-electron chi connectivity index (χ0n) is 9.20. The minimum atomic E-state index is -0.907. The van der Waals surface area contributed by atoms with E-state index < -0.39 is 6.48 Å². The van der Waals surface area contributed by atoms with Crippen LogP contribution in [0, 0.1) is 0 Å². The van der Waals surface area contributed by atoms with Gasteiger partial charge in [-0.25, -0.2) is 4.79 Å². The molecule has 0 atom stereocenters. The van der Waals surface area contributed by atoms with Crippen LogP contribution in [0.25, 0.3) is 0 Å². The lowest BCUT2D eigenvalue weighted by Gasteiger charge is -2.14. The van der Waals surface area contributed by atoms with Gasteiger partial charge in [0.05, 0.1) is 0 Å². The van der Waals surface area contributed by atoms with Crippen LogP contribution in [0.15, 0.2) is 11.3 Å². The van der Waals surface area contributed by atoms with E-state index in [9.17, 15) is 4.79 Å². The highest BCUT2D eigenvalue weighted by Gasteiger charge is 2.15. The van der Waals surface area contributed by atoms with E-state index in [0.29, 0.717) is 5.57 Å². The van der Waals surface area contributed by atoms with Crippen LogP contribution >= 0.6 is 0 Å². The second-order valence-corrected chi connectivity index (χ2v) is 3.31. The number of esters is 1. The summed E-state index contributed by atoms with van der Waals surface area (Å²) in [7, 11) is 3.69. The van der Waals surface area contributed by atoms with Crippen molar-refractivity contribution in [1.82, 2.24) is 0 Å². The second-order valence-electron chi connectivity index (χ2n) is 2.73. The van der Waals surface area contributed by atoms with Crippen molar-refractivity contribution in [2.45, 2.75) is 26.2 Å². The van der Waals surface area contributed by atoms with E-state index in [1.54, 1.807) is 0 Å². The normalized spacial score (nSPS) is 12.1. The smallest absolute Gasteiger partial charge is 0.337 e. The maximum atomic E-state index is 11.5. The Hall–Kier alpha value is -0.653. The van der Waals surface area contributed by atoms with Gasteiger partial charge in [-0.05, 0) is 6.42 Å². The molecule has 0 saturated carbocycles. The zero-order chi connectivity index (χ0) is 11.0. The molecule has 0 aliphatic rings. The fraction of sp³-hybridized carbons (Fsp3) is 0.667. The molecule has 5 heteroatoms. The van der Waals surface area contributed by atoms with E-state index in [1.807, 2.05) is 12.6 Å². The van der Waals surface area contributed by atoms with Gasteiger partial charge in [0.15, 0.2) is 0 Å². The highest BCUT2D eigenvalue weighted by molar-refractivity contribution is 6.19. The molecule has 0 saturated heterocycles. The summed E-state index contributed by atoms with van der Waals surface area (Å²) in [5.74, 6) is -0.351. The molecule has 0 bridgehead atoms. The maximum absolute atomic E-state index is 11.5. The van der Waals surface area contributed by atoms with Crippen LogP contribution in [0.5, 0.6) is 0 Å². The van der Waals surface area contributed by atoms with Crippen molar-refractivity contribution < 1.29 is 19.0 Å². The Bertz CT molecular complexity index is 199. The van der Waals surface area contributed by atoms with Crippen molar-refractivity contribution in [3.63, 3.8) is 0 Å². The molecule has 4 nitrogen and oxygen atoms in total. The van der Waals surface area contributed by atoms with E-state index in [4.69, 9.17) is 14.2 Å². The number of ether oxygens (including phenoxy) is 3. The average molecular weight is 218 g/mol. The third kappa shape index (κ3) is 4.55. The molecule has 0 N–H and O–H groups in total. The topological polar surface area (TPSA) is 44.8 Å². The second kappa shape index (κ2) is 7.72. The van der Waals surface area contributed by atoms with E-state index in [0.717, 1.165) is 23.1 Å². The van der Waals surface area contributed by atoms with Crippen LogP contribution < -0.4 is 0 Å². The number of carbonyl (C=O) groups is 1. The van der Waals surface area contributed by atoms with Crippen molar-refractivity contribution in [2.24, 2.45) is 0 Å². The highest BCUT2D eigenvalue weighted by atomic mass is 28.1. The van der Waals surface area contributed by atoms with Gasteiger partial charge in [0, 0.05) is 30.0 Å². The molecule has 0 amide bonds. The molecule has 0 radical (unpaired) electrons. The van der Waals surface area contributed by atoms with Gasteiger partial charge in [0.25, 0.3) is 0 Å². The summed E-state index contributed by atoms with van der Waals surface area (Å²) < 4.78 is 14.4. The first-order valence-corrected chi connectivity index (χ1v) is 5.76. The van der Waals surface area contributed by atoms with E-state index in [2.05, 4.69) is 0 Å². The van der Waals surface area contributed by atoms with Crippen LogP contribution in [0.3, 0.4) is 0 Å². The minimum Gasteiger partial charge on any atom is -0.407 e. The summed E-state index contributed by atoms with van der Waals surface area (Å²) in [5, 5.41) is 0. The van der Waals surface area contributed by atoms with Crippen molar-refractivity contribution in [3.8, 4) is 0 Å². The molecule has 0 heterocycles. The number of hydrogen-bond donors (Lipinski definition) is 0. The molecule has 0 aromatic rings. The third-order valence-corrected chi connectivity index (χ3v) is 2.42. The highest BCUT2D eigenvalue weighted by Crippen LogP contribution is 2.08. The first-order chi connectivity index (χ1) is 6.69. The molecule has 0 rings (SSSR count). The summed E-state index contributed by atoms with van der Waals surface area (Å²) in [6, 6.07) is 0. The Kier molecular flexibility index (Phi) is 7.36. The fourth-order valence-corrected chi connectivity index (χ4v) is 1.51. The SMILES string of the molecule is CCCC(=C[SiH3])C(=O)OC(OC)OC. The van der Waals surface area contributed by atoms with Gasteiger partial charge in [-0.2, -0.15) is 0 Å². The van der Waals surface area contributed by atoms with Crippen LogP contribution in [0.1, 0.15) is 19.8 Å². The molecule has 82 valence electrons. The quantitative estimate of drug-likeness (QED) is 0.276. The van der Waals surface area contributed by atoms with E-state index >= 15 is 0 Å². The van der Waals surface area contributed by atoms with Gasteiger partial charge in [-0.1, -0.05) is 19.0 Å². The minimum absolute atomic E-state index is 0.351. The van der Waals surface area contributed by atoms with Gasteiger partial charge in [-0.3, -0.25) is 0 Å². The van der Waals surface area contributed by atoms with Crippen LogP contribution in [0.4, 0.5) is 0 Å². The third-order valence-electron chi connectivity index (χ3n) is 1.72. The Morgan fingerprint density at radius 2 is 2.00 bits per heavy atom.